The van der Waals surface area contributed by atoms with Crippen LogP contribution in [0.5, 0.6) is 11.5 Å². The lowest BCUT2D eigenvalue weighted by atomic mass is 9.98. The topological polar surface area (TPSA) is 89.7 Å². The van der Waals surface area contributed by atoms with Crippen molar-refractivity contribution in [2.75, 3.05) is 39.1 Å². The highest BCUT2D eigenvalue weighted by Gasteiger charge is 2.25. The molecular formula is C22H30N4O3. The third kappa shape index (κ3) is 4.40. The number of fused-ring (bicyclic) bond motifs is 1. The van der Waals surface area contributed by atoms with Gasteiger partial charge in [-0.25, -0.2) is 0 Å². The maximum absolute atomic E-state index is 12.5. The van der Waals surface area contributed by atoms with Gasteiger partial charge in [-0.15, -0.1) is 0 Å². The van der Waals surface area contributed by atoms with Gasteiger partial charge in [0.1, 0.15) is 0 Å². The van der Waals surface area contributed by atoms with E-state index in [2.05, 4.69) is 22.1 Å². The first-order valence-electron chi connectivity index (χ1n) is 10.5. The smallest absolute Gasteiger partial charge is 0.255 e. The van der Waals surface area contributed by atoms with Gasteiger partial charge >= 0.3 is 0 Å². The number of carbonyl (C=O) groups is 1. The molecule has 1 aromatic carbocycles. The van der Waals surface area contributed by atoms with E-state index in [0.29, 0.717) is 46.2 Å². The summed E-state index contributed by atoms with van der Waals surface area (Å²) in [7, 11) is 1.62. The van der Waals surface area contributed by atoms with Gasteiger partial charge in [0, 0.05) is 23.7 Å². The zero-order valence-electron chi connectivity index (χ0n) is 17.2. The number of nitrogens with one attached hydrogen (secondary N) is 1. The summed E-state index contributed by atoms with van der Waals surface area (Å²) in [5, 5.41) is 3.68. The van der Waals surface area contributed by atoms with E-state index >= 15 is 0 Å². The number of amides is 1. The lowest BCUT2D eigenvalue weighted by molar-refractivity contribution is 0.0951. The third-order valence-electron chi connectivity index (χ3n) is 5.98. The molecule has 1 amide bonds. The Labute approximate surface area is 171 Å². The lowest BCUT2D eigenvalue weighted by Crippen LogP contribution is -2.35. The molecule has 2 aliphatic rings. The number of hydrogen-bond acceptors (Lipinski definition) is 6. The number of aromatic nitrogens is 1. The van der Waals surface area contributed by atoms with Crippen molar-refractivity contribution in [3.8, 4) is 11.5 Å². The molecule has 0 radical (unpaired) electrons. The maximum atomic E-state index is 12.5. The first kappa shape index (κ1) is 19.8. The largest absolute Gasteiger partial charge is 0.493 e. The van der Waals surface area contributed by atoms with Gasteiger partial charge in [0.2, 0.25) is 0 Å². The molecule has 4 rings (SSSR count). The van der Waals surface area contributed by atoms with Crippen LogP contribution in [0.4, 0.5) is 5.69 Å². The second-order valence-corrected chi connectivity index (χ2v) is 8.04. The standard InChI is InChI=1S/C22H30N4O3/c1-3-26-8-6-14(7-9-26)13-29-20-10-16-18(11-19(20)28-2)24-12-17(21(16)23)22(27)25-15-4-5-15/h10-12,14-15H,3-9,13H2,1-2H3,(H2,23,24)(H,25,27). The maximum Gasteiger partial charge on any atom is 0.255 e. The van der Waals surface area contributed by atoms with Crippen molar-refractivity contribution < 1.29 is 14.3 Å². The predicted octanol–water partition coefficient (Wildman–Crippen LogP) is 2.83. The number of rotatable bonds is 7. The summed E-state index contributed by atoms with van der Waals surface area (Å²) in [6, 6.07) is 3.95. The highest BCUT2D eigenvalue weighted by molar-refractivity contribution is 6.07. The molecule has 1 saturated carbocycles. The number of nitrogens with two attached hydrogens (primary N) is 1. The Morgan fingerprint density at radius 2 is 2.00 bits per heavy atom. The summed E-state index contributed by atoms with van der Waals surface area (Å²) < 4.78 is 11.7. The van der Waals surface area contributed by atoms with Crippen molar-refractivity contribution in [3.05, 3.63) is 23.9 Å². The minimum atomic E-state index is -0.166. The Kier molecular flexibility index (Phi) is 5.76. The SMILES string of the molecule is CCN1CCC(COc2cc3c(N)c(C(=O)NC4CC4)cnc3cc2OC)CC1. The predicted molar refractivity (Wildman–Crippen MR) is 114 cm³/mol. The first-order chi connectivity index (χ1) is 14.1. The molecule has 2 aromatic rings. The average Bonchev–Trinajstić information content (AvgIpc) is 3.56. The van der Waals surface area contributed by atoms with E-state index in [1.54, 1.807) is 7.11 Å². The molecule has 2 heterocycles. The van der Waals surface area contributed by atoms with Crippen LogP contribution in [0.3, 0.4) is 0 Å². The highest BCUT2D eigenvalue weighted by atomic mass is 16.5. The molecule has 7 heteroatoms. The molecule has 0 spiro atoms. The molecule has 3 N–H and O–H groups in total. The van der Waals surface area contributed by atoms with Crippen LogP contribution in [0.15, 0.2) is 18.3 Å². The second-order valence-electron chi connectivity index (χ2n) is 8.04. The molecule has 1 aromatic heterocycles. The summed E-state index contributed by atoms with van der Waals surface area (Å²) in [5.41, 5.74) is 7.87. The van der Waals surface area contributed by atoms with Crippen LogP contribution in [-0.2, 0) is 0 Å². The Hall–Kier alpha value is -2.54. The van der Waals surface area contributed by atoms with Crippen molar-refractivity contribution in [3.63, 3.8) is 0 Å². The van der Waals surface area contributed by atoms with Crippen molar-refractivity contribution in [2.24, 2.45) is 5.92 Å². The minimum Gasteiger partial charge on any atom is -0.493 e. The molecular weight excluding hydrogens is 368 g/mol. The normalized spacial score (nSPS) is 18.0. The molecule has 29 heavy (non-hydrogen) atoms. The van der Waals surface area contributed by atoms with Crippen molar-refractivity contribution in [2.45, 2.75) is 38.6 Å². The fraction of sp³-hybridized carbons (Fsp3) is 0.545. The Morgan fingerprint density at radius 1 is 1.24 bits per heavy atom. The number of carbonyl (C=O) groups excluding carboxylic acids is 1. The Balaban J connectivity index is 1.54. The van der Waals surface area contributed by atoms with Gasteiger partial charge in [0.05, 0.1) is 30.5 Å². The zero-order chi connectivity index (χ0) is 20.4. The van der Waals surface area contributed by atoms with Gasteiger partial charge in [-0.1, -0.05) is 6.92 Å². The number of nitrogens with zero attached hydrogens (tertiary/aromatic N) is 2. The fourth-order valence-electron chi connectivity index (χ4n) is 3.84. The van der Waals surface area contributed by atoms with Gasteiger partial charge in [-0.05, 0) is 57.3 Å². The first-order valence-corrected chi connectivity index (χ1v) is 10.5. The number of ether oxygens (including phenoxy) is 2. The van der Waals surface area contributed by atoms with Crippen LogP contribution >= 0.6 is 0 Å². The van der Waals surface area contributed by atoms with Gasteiger partial charge < -0.3 is 25.4 Å². The number of pyridine rings is 1. The van der Waals surface area contributed by atoms with Crippen LogP contribution in [0.1, 0.15) is 43.0 Å². The molecule has 7 nitrogen and oxygen atoms in total. The van der Waals surface area contributed by atoms with E-state index in [1.807, 2.05) is 12.1 Å². The molecule has 0 unspecified atom stereocenters. The van der Waals surface area contributed by atoms with E-state index in [4.69, 9.17) is 15.2 Å². The molecule has 156 valence electrons. The second kappa shape index (κ2) is 8.45. The molecule has 2 fully saturated rings. The molecule has 1 aliphatic carbocycles. The number of benzene rings is 1. The van der Waals surface area contributed by atoms with E-state index < -0.39 is 0 Å². The number of nitrogen functional groups attached to an aromatic ring is 1. The monoisotopic (exact) mass is 398 g/mol. The van der Waals surface area contributed by atoms with Crippen molar-refractivity contribution in [1.29, 1.82) is 0 Å². The van der Waals surface area contributed by atoms with Crippen LogP contribution in [0.2, 0.25) is 0 Å². The lowest BCUT2D eigenvalue weighted by Gasteiger charge is -2.30. The van der Waals surface area contributed by atoms with Crippen LogP contribution in [0.25, 0.3) is 10.9 Å². The summed E-state index contributed by atoms with van der Waals surface area (Å²) in [5.74, 6) is 1.64. The van der Waals surface area contributed by atoms with Crippen LogP contribution in [-0.4, -0.2) is 55.2 Å². The summed E-state index contributed by atoms with van der Waals surface area (Å²) >= 11 is 0. The van der Waals surface area contributed by atoms with Crippen LogP contribution < -0.4 is 20.5 Å². The Bertz CT molecular complexity index is 889. The summed E-state index contributed by atoms with van der Waals surface area (Å²) in [4.78, 5) is 19.4. The molecule has 1 saturated heterocycles. The number of anilines is 1. The van der Waals surface area contributed by atoms with E-state index in [9.17, 15) is 4.79 Å². The number of likely N-dealkylation sites (tertiary alicyclic amines) is 1. The van der Waals surface area contributed by atoms with E-state index in [0.717, 1.165) is 45.3 Å². The highest BCUT2D eigenvalue weighted by Crippen LogP contribution is 2.36. The summed E-state index contributed by atoms with van der Waals surface area (Å²) in [6.07, 6.45) is 5.87. The van der Waals surface area contributed by atoms with Gasteiger partial charge in [0.15, 0.2) is 11.5 Å². The number of methoxy groups -OCH3 is 1. The quantitative estimate of drug-likeness (QED) is 0.745. The number of piperidine rings is 1. The Morgan fingerprint density at radius 3 is 2.66 bits per heavy atom. The summed E-state index contributed by atoms with van der Waals surface area (Å²) in [6.45, 7) is 6.20. The van der Waals surface area contributed by atoms with Crippen molar-refractivity contribution in [1.82, 2.24) is 15.2 Å². The van der Waals surface area contributed by atoms with Crippen molar-refractivity contribution >= 4 is 22.5 Å². The van der Waals surface area contributed by atoms with Gasteiger partial charge in [0.25, 0.3) is 5.91 Å². The molecule has 0 atom stereocenters. The van der Waals surface area contributed by atoms with E-state index in [1.165, 1.54) is 6.20 Å². The zero-order valence-corrected chi connectivity index (χ0v) is 17.2. The van der Waals surface area contributed by atoms with E-state index in [-0.39, 0.29) is 11.9 Å². The average molecular weight is 399 g/mol. The van der Waals surface area contributed by atoms with Gasteiger partial charge in [-0.3, -0.25) is 9.78 Å². The third-order valence-corrected chi connectivity index (χ3v) is 5.98. The number of hydrogen-bond donors (Lipinski definition) is 2. The molecule has 0 bridgehead atoms. The minimum absolute atomic E-state index is 0.166. The van der Waals surface area contributed by atoms with Gasteiger partial charge in [-0.2, -0.15) is 0 Å². The molecule has 1 aliphatic heterocycles. The fourth-order valence-corrected chi connectivity index (χ4v) is 3.84. The van der Waals surface area contributed by atoms with Crippen LogP contribution in [0, 0.1) is 5.92 Å².